The minimum Gasteiger partial charge on any atom is -0.496 e. The summed E-state index contributed by atoms with van der Waals surface area (Å²) in [6.07, 6.45) is 0. The molecule has 0 saturated carbocycles. The summed E-state index contributed by atoms with van der Waals surface area (Å²) in [5, 5.41) is 0. The zero-order chi connectivity index (χ0) is 10.3. The number of ether oxygens (including phenoxy) is 1. The molecule has 0 saturated heterocycles. The van der Waals surface area contributed by atoms with E-state index in [1.54, 1.807) is 7.11 Å². The molecule has 0 aromatic heterocycles. The van der Waals surface area contributed by atoms with Crippen LogP contribution in [0.5, 0.6) is 5.75 Å². The Kier molecular flexibility index (Phi) is 4.95. The smallest absolute Gasteiger partial charge is 0.496 e. The summed E-state index contributed by atoms with van der Waals surface area (Å²) in [7, 11) is -4.37. The van der Waals surface area contributed by atoms with Gasteiger partial charge in [-0.3, -0.25) is 0 Å². The lowest BCUT2D eigenvalue weighted by Gasteiger charge is -1.94. The molecule has 0 atom stereocenters. The lowest BCUT2D eigenvalue weighted by atomic mass is 10.3. The lowest BCUT2D eigenvalue weighted by molar-refractivity contribution is 0.368. The van der Waals surface area contributed by atoms with Gasteiger partial charge in [-0.2, -0.15) is 0 Å². The third-order valence-electron chi connectivity index (χ3n) is 0.900. The van der Waals surface area contributed by atoms with Gasteiger partial charge >= 0.3 is 7.25 Å². The van der Waals surface area contributed by atoms with Gasteiger partial charge in [0.05, 0.1) is 7.11 Å². The second-order valence-electron chi connectivity index (χ2n) is 1.93. The third-order valence-corrected chi connectivity index (χ3v) is 0.900. The summed E-state index contributed by atoms with van der Waals surface area (Å²) in [6.45, 7) is 0. The van der Waals surface area contributed by atoms with Crippen LogP contribution < -0.4 is 4.74 Å². The molecule has 0 heterocycles. The maximum Gasteiger partial charge on any atom is 0.673 e. The summed E-state index contributed by atoms with van der Waals surface area (Å²) in [5.41, 5.74) is 0. The van der Waals surface area contributed by atoms with E-state index in [0.29, 0.717) is 0 Å². The summed E-state index contributed by atoms with van der Waals surface area (Å²) >= 11 is 0. The average Bonchev–Trinajstić information content (AvgIpc) is 2.03. The molecule has 0 N–H and O–H groups in total. The van der Waals surface area contributed by atoms with Crippen molar-refractivity contribution in [3.63, 3.8) is 0 Å². The molecule has 1 aromatic rings. The van der Waals surface area contributed by atoms with Crippen molar-refractivity contribution in [1.29, 1.82) is 0 Å². The molecule has 1 radical (unpaired) electrons. The Bertz CT molecular complexity index is 218. The highest BCUT2D eigenvalue weighted by Crippen LogP contribution is 2.06. The van der Waals surface area contributed by atoms with Crippen LogP contribution in [0.2, 0.25) is 0 Å². The van der Waals surface area contributed by atoms with Crippen LogP contribution in [0.15, 0.2) is 24.3 Å². The number of methoxy groups -OCH3 is 1. The number of benzene rings is 1. The molecular formula is C7H7BF4O-. The molecule has 0 bridgehead atoms. The zero-order valence-corrected chi connectivity index (χ0v) is 6.81. The van der Waals surface area contributed by atoms with Gasteiger partial charge in [-0.25, -0.2) is 0 Å². The first kappa shape index (κ1) is 11.8. The zero-order valence-electron chi connectivity index (χ0n) is 6.81. The Labute approximate surface area is 73.4 Å². The molecule has 13 heavy (non-hydrogen) atoms. The molecule has 0 amide bonds. The van der Waals surface area contributed by atoms with Gasteiger partial charge in [0, 0.05) is 6.07 Å². The maximum absolute atomic E-state index is 9.75. The second-order valence-corrected chi connectivity index (χ2v) is 1.93. The van der Waals surface area contributed by atoms with E-state index < -0.39 is 7.25 Å². The van der Waals surface area contributed by atoms with E-state index in [2.05, 4.69) is 6.07 Å². The molecule has 1 aromatic carbocycles. The highest BCUT2D eigenvalue weighted by Gasteiger charge is 2.20. The van der Waals surface area contributed by atoms with Gasteiger partial charge in [-0.15, -0.1) is 0 Å². The van der Waals surface area contributed by atoms with Gasteiger partial charge in [0.1, 0.15) is 5.75 Å². The van der Waals surface area contributed by atoms with E-state index in [1.165, 1.54) is 0 Å². The van der Waals surface area contributed by atoms with Crippen molar-refractivity contribution in [3.05, 3.63) is 30.3 Å². The first-order valence-electron chi connectivity index (χ1n) is 3.31. The fourth-order valence-corrected chi connectivity index (χ4v) is 0.504. The van der Waals surface area contributed by atoms with Crippen LogP contribution in [0, 0.1) is 6.07 Å². The molecule has 73 valence electrons. The topological polar surface area (TPSA) is 9.23 Å². The minimum atomic E-state index is -6.00. The van der Waals surface area contributed by atoms with Crippen molar-refractivity contribution < 1.29 is 22.0 Å². The predicted octanol–water partition coefficient (Wildman–Crippen LogP) is 2.80. The van der Waals surface area contributed by atoms with E-state index in [9.17, 15) is 17.3 Å². The van der Waals surface area contributed by atoms with Crippen molar-refractivity contribution in [1.82, 2.24) is 0 Å². The van der Waals surface area contributed by atoms with Crippen LogP contribution in [-0.4, -0.2) is 14.4 Å². The SMILES string of the molecule is COc1[c]cccc1.F[B-](F)(F)F. The Hall–Kier alpha value is -1.20. The molecular weight excluding hydrogens is 187 g/mol. The Morgan fingerprint density at radius 1 is 1.23 bits per heavy atom. The molecule has 1 nitrogen and oxygen atoms in total. The van der Waals surface area contributed by atoms with Crippen LogP contribution in [0.3, 0.4) is 0 Å². The number of hydrogen-bond donors (Lipinski definition) is 0. The van der Waals surface area contributed by atoms with Gasteiger partial charge in [-0.1, -0.05) is 18.2 Å². The van der Waals surface area contributed by atoms with Crippen LogP contribution in [0.25, 0.3) is 0 Å². The number of para-hydroxylation sites is 1. The fourth-order valence-electron chi connectivity index (χ4n) is 0.504. The molecule has 0 aliphatic carbocycles. The highest BCUT2D eigenvalue weighted by atomic mass is 19.5. The fraction of sp³-hybridized carbons (Fsp3) is 0.143. The van der Waals surface area contributed by atoms with Crippen LogP contribution in [-0.2, 0) is 0 Å². The van der Waals surface area contributed by atoms with Gasteiger partial charge in [-0.05, 0) is 6.07 Å². The second kappa shape index (κ2) is 5.45. The van der Waals surface area contributed by atoms with Crippen molar-refractivity contribution in [3.8, 4) is 5.75 Å². The molecule has 0 unspecified atom stereocenters. The van der Waals surface area contributed by atoms with Crippen molar-refractivity contribution >= 4 is 7.25 Å². The van der Waals surface area contributed by atoms with Gasteiger partial charge in [0.2, 0.25) is 0 Å². The van der Waals surface area contributed by atoms with E-state index in [1.807, 2.05) is 24.3 Å². The minimum absolute atomic E-state index is 0.785. The van der Waals surface area contributed by atoms with Crippen molar-refractivity contribution in [2.24, 2.45) is 0 Å². The Morgan fingerprint density at radius 3 is 2.00 bits per heavy atom. The summed E-state index contributed by atoms with van der Waals surface area (Å²) in [6, 6.07) is 10.4. The van der Waals surface area contributed by atoms with Crippen molar-refractivity contribution in [2.45, 2.75) is 0 Å². The summed E-state index contributed by atoms with van der Waals surface area (Å²) < 4.78 is 43.9. The van der Waals surface area contributed by atoms with Crippen LogP contribution >= 0.6 is 0 Å². The average molecular weight is 194 g/mol. The molecule has 6 heteroatoms. The molecule has 0 aliphatic heterocycles. The first-order valence-corrected chi connectivity index (χ1v) is 3.31. The number of halogens is 4. The normalized spacial score (nSPS) is 9.92. The van der Waals surface area contributed by atoms with E-state index in [-0.39, 0.29) is 0 Å². The monoisotopic (exact) mass is 194 g/mol. The Balaban J connectivity index is 0.000000252. The summed E-state index contributed by atoms with van der Waals surface area (Å²) in [4.78, 5) is 0. The van der Waals surface area contributed by atoms with Gasteiger partial charge < -0.3 is 22.0 Å². The largest absolute Gasteiger partial charge is 0.673 e. The van der Waals surface area contributed by atoms with Crippen molar-refractivity contribution in [2.75, 3.05) is 7.11 Å². The van der Waals surface area contributed by atoms with E-state index in [4.69, 9.17) is 4.74 Å². The molecule has 1 rings (SSSR count). The Morgan fingerprint density at radius 2 is 1.77 bits per heavy atom. The van der Waals surface area contributed by atoms with Gasteiger partial charge in [0.15, 0.2) is 0 Å². The summed E-state index contributed by atoms with van der Waals surface area (Å²) in [5.74, 6) is 0.785. The van der Waals surface area contributed by atoms with Crippen LogP contribution in [0.1, 0.15) is 0 Å². The van der Waals surface area contributed by atoms with E-state index in [0.717, 1.165) is 5.75 Å². The number of hydrogen-bond acceptors (Lipinski definition) is 1. The third kappa shape index (κ3) is 10.8. The molecule has 0 fully saturated rings. The van der Waals surface area contributed by atoms with Gasteiger partial charge in [0.25, 0.3) is 0 Å². The van der Waals surface area contributed by atoms with E-state index >= 15 is 0 Å². The highest BCUT2D eigenvalue weighted by molar-refractivity contribution is 6.50. The molecule has 0 aliphatic rings. The standard InChI is InChI=1S/C7H7O.BF4/c1-8-7-5-3-2-4-6-7;2-1(3,4)5/h2-5H,1H3;/q;-1. The lowest BCUT2D eigenvalue weighted by Crippen LogP contribution is -2.02. The molecule has 0 spiro atoms. The maximum atomic E-state index is 9.75. The number of rotatable bonds is 1. The quantitative estimate of drug-likeness (QED) is 0.493. The predicted molar refractivity (Wildman–Crippen MR) is 42.0 cm³/mol. The van der Waals surface area contributed by atoms with Crippen LogP contribution in [0.4, 0.5) is 17.3 Å². The first-order chi connectivity index (χ1) is 5.93.